The summed E-state index contributed by atoms with van der Waals surface area (Å²) in [7, 11) is 0. The van der Waals surface area contributed by atoms with Crippen LogP contribution >= 0.6 is 15.9 Å². The first-order valence-corrected chi connectivity index (χ1v) is 5.40. The third-order valence-electron chi connectivity index (χ3n) is 2.35. The number of aliphatic hydroxyl groups excluding tert-OH is 1. The molecule has 0 saturated carbocycles. The Kier molecular flexibility index (Phi) is 2.89. The molecule has 0 fully saturated rings. The summed E-state index contributed by atoms with van der Waals surface area (Å²) in [6.45, 7) is 2.03. The number of rotatable bonds is 2. The van der Waals surface area contributed by atoms with Crippen LogP contribution in [0.4, 0.5) is 5.69 Å². The first-order chi connectivity index (χ1) is 6.81. The van der Waals surface area contributed by atoms with Crippen LogP contribution in [0.25, 0.3) is 0 Å². The molecule has 0 aliphatic carbocycles. The summed E-state index contributed by atoms with van der Waals surface area (Å²) < 4.78 is 1.05. The second-order valence-corrected chi connectivity index (χ2v) is 4.17. The first kappa shape index (κ1) is 9.74. The fraction of sp³-hybridized carbons (Fsp3) is 0.273. The fourth-order valence-electron chi connectivity index (χ4n) is 1.58. The van der Waals surface area contributed by atoms with Gasteiger partial charge in [0.1, 0.15) is 0 Å². The molecule has 3 heteroatoms. The number of anilines is 1. The van der Waals surface area contributed by atoms with E-state index in [9.17, 15) is 0 Å². The molecule has 1 N–H and O–H groups in total. The Balaban J connectivity index is 2.26. The van der Waals surface area contributed by atoms with Crippen molar-refractivity contribution in [2.45, 2.75) is 6.61 Å². The quantitative estimate of drug-likeness (QED) is 0.819. The zero-order valence-electron chi connectivity index (χ0n) is 7.78. The van der Waals surface area contributed by atoms with Crippen LogP contribution in [-0.4, -0.2) is 18.2 Å². The molecule has 0 radical (unpaired) electrons. The second kappa shape index (κ2) is 4.15. The van der Waals surface area contributed by atoms with Crippen LogP contribution in [0.5, 0.6) is 0 Å². The maximum atomic E-state index is 8.97. The van der Waals surface area contributed by atoms with Gasteiger partial charge in [-0.15, -0.1) is 0 Å². The van der Waals surface area contributed by atoms with E-state index in [2.05, 4.69) is 33.0 Å². The molecule has 1 aliphatic rings. The van der Waals surface area contributed by atoms with Crippen LogP contribution in [0.15, 0.2) is 34.8 Å². The standard InChI is InChI=1S/C11H12BrNO/c12-10-7-9(8-14)3-4-11(10)13-5-1-2-6-13/h1-4,7,14H,5-6,8H2. The van der Waals surface area contributed by atoms with E-state index in [4.69, 9.17) is 5.11 Å². The zero-order chi connectivity index (χ0) is 9.97. The minimum Gasteiger partial charge on any atom is -0.392 e. The van der Waals surface area contributed by atoms with E-state index < -0.39 is 0 Å². The highest BCUT2D eigenvalue weighted by atomic mass is 79.9. The minimum atomic E-state index is 0.0944. The zero-order valence-corrected chi connectivity index (χ0v) is 9.37. The van der Waals surface area contributed by atoms with Crippen molar-refractivity contribution in [3.05, 3.63) is 40.4 Å². The Morgan fingerprint density at radius 2 is 2.00 bits per heavy atom. The smallest absolute Gasteiger partial charge is 0.0682 e. The molecule has 74 valence electrons. The van der Waals surface area contributed by atoms with Gasteiger partial charge in [0.15, 0.2) is 0 Å². The number of hydrogen-bond donors (Lipinski definition) is 1. The van der Waals surface area contributed by atoms with Gasteiger partial charge in [0.05, 0.1) is 12.3 Å². The van der Waals surface area contributed by atoms with Crippen LogP contribution in [0, 0.1) is 0 Å². The van der Waals surface area contributed by atoms with Gasteiger partial charge in [0, 0.05) is 17.6 Å². The van der Waals surface area contributed by atoms with E-state index in [1.54, 1.807) is 0 Å². The fourth-order valence-corrected chi connectivity index (χ4v) is 2.26. The van der Waals surface area contributed by atoms with Crippen LogP contribution in [-0.2, 0) is 6.61 Å². The third kappa shape index (κ3) is 1.83. The van der Waals surface area contributed by atoms with Crippen molar-refractivity contribution in [1.29, 1.82) is 0 Å². The summed E-state index contributed by atoms with van der Waals surface area (Å²) in [6, 6.07) is 5.97. The van der Waals surface area contributed by atoms with Crippen molar-refractivity contribution < 1.29 is 5.11 Å². The SMILES string of the molecule is OCc1ccc(N2CC=CC2)c(Br)c1. The Labute approximate surface area is 92.0 Å². The largest absolute Gasteiger partial charge is 0.392 e. The molecule has 0 aromatic heterocycles. The van der Waals surface area contributed by atoms with E-state index in [1.807, 2.05) is 18.2 Å². The minimum absolute atomic E-state index is 0.0944. The number of nitrogens with zero attached hydrogens (tertiary/aromatic N) is 1. The molecule has 0 saturated heterocycles. The van der Waals surface area contributed by atoms with Crippen LogP contribution in [0.3, 0.4) is 0 Å². The van der Waals surface area contributed by atoms with Crippen molar-refractivity contribution in [1.82, 2.24) is 0 Å². The van der Waals surface area contributed by atoms with Crippen molar-refractivity contribution in [2.75, 3.05) is 18.0 Å². The van der Waals surface area contributed by atoms with Gasteiger partial charge in [-0.25, -0.2) is 0 Å². The lowest BCUT2D eigenvalue weighted by Gasteiger charge is -2.19. The molecule has 1 aromatic rings. The number of benzene rings is 1. The van der Waals surface area contributed by atoms with Gasteiger partial charge in [-0.05, 0) is 33.6 Å². The van der Waals surface area contributed by atoms with Gasteiger partial charge in [-0.2, -0.15) is 0 Å². The van der Waals surface area contributed by atoms with E-state index in [-0.39, 0.29) is 6.61 Å². The van der Waals surface area contributed by atoms with Crippen molar-refractivity contribution >= 4 is 21.6 Å². The molecule has 0 unspecified atom stereocenters. The summed E-state index contributed by atoms with van der Waals surface area (Å²) in [6.07, 6.45) is 4.32. The van der Waals surface area contributed by atoms with E-state index in [0.717, 1.165) is 23.1 Å². The normalized spacial score (nSPS) is 15.1. The maximum Gasteiger partial charge on any atom is 0.0682 e. The summed E-state index contributed by atoms with van der Waals surface area (Å²) in [4.78, 5) is 2.27. The molecule has 14 heavy (non-hydrogen) atoms. The van der Waals surface area contributed by atoms with Crippen molar-refractivity contribution in [3.63, 3.8) is 0 Å². The van der Waals surface area contributed by atoms with Crippen molar-refractivity contribution in [3.8, 4) is 0 Å². The molecule has 2 nitrogen and oxygen atoms in total. The summed E-state index contributed by atoms with van der Waals surface area (Å²) in [5.74, 6) is 0. The first-order valence-electron chi connectivity index (χ1n) is 4.60. The molecular formula is C11H12BrNO. The summed E-state index contributed by atoms with van der Waals surface area (Å²) >= 11 is 3.52. The highest BCUT2D eigenvalue weighted by molar-refractivity contribution is 9.10. The molecule has 2 rings (SSSR count). The summed E-state index contributed by atoms with van der Waals surface area (Å²) in [5, 5.41) is 8.97. The predicted molar refractivity (Wildman–Crippen MR) is 61.4 cm³/mol. The van der Waals surface area contributed by atoms with Gasteiger partial charge in [-0.1, -0.05) is 18.2 Å². The Morgan fingerprint density at radius 1 is 1.29 bits per heavy atom. The van der Waals surface area contributed by atoms with Gasteiger partial charge in [0.2, 0.25) is 0 Å². The number of halogens is 1. The molecule has 0 spiro atoms. The predicted octanol–water partition coefficient (Wildman–Crippen LogP) is 2.32. The monoisotopic (exact) mass is 253 g/mol. The van der Waals surface area contributed by atoms with Crippen LogP contribution in [0.2, 0.25) is 0 Å². The van der Waals surface area contributed by atoms with Gasteiger partial charge >= 0.3 is 0 Å². The lowest BCUT2D eigenvalue weighted by Crippen LogP contribution is -2.18. The van der Waals surface area contributed by atoms with E-state index in [0.29, 0.717) is 0 Å². The lowest BCUT2D eigenvalue weighted by atomic mass is 10.2. The van der Waals surface area contributed by atoms with Crippen molar-refractivity contribution in [2.24, 2.45) is 0 Å². The highest BCUT2D eigenvalue weighted by Crippen LogP contribution is 2.28. The van der Waals surface area contributed by atoms with Gasteiger partial charge in [-0.3, -0.25) is 0 Å². The highest BCUT2D eigenvalue weighted by Gasteiger charge is 2.10. The topological polar surface area (TPSA) is 23.5 Å². The number of aliphatic hydroxyl groups is 1. The average molecular weight is 254 g/mol. The molecular weight excluding hydrogens is 242 g/mol. The average Bonchev–Trinajstić information content (AvgIpc) is 2.70. The maximum absolute atomic E-state index is 8.97. The lowest BCUT2D eigenvalue weighted by molar-refractivity contribution is 0.282. The van der Waals surface area contributed by atoms with Crippen LogP contribution in [0.1, 0.15) is 5.56 Å². The molecule has 0 bridgehead atoms. The molecule has 1 aromatic carbocycles. The van der Waals surface area contributed by atoms with Gasteiger partial charge in [0.25, 0.3) is 0 Å². The third-order valence-corrected chi connectivity index (χ3v) is 2.99. The second-order valence-electron chi connectivity index (χ2n) is 3.32. The summed E-state index contributed by atoms with van der Waals surface area (Å²) in [5.41, 5.74) is 2.12. The molecule has 0 amide bonds. The van der Waals surface area contributed by atoms with Gasteiger partial charge < -0.3 is 10.0 Å². The molecule has 1 heterocycles. The van der Waals surface area contributed by atoms with Crippen LogP contribution < -0.4 is 4.90 Å². The Hall–Kier alpha value is -0.800. The number of hydrogen-bond acceptors (Lipinski definition) is 2. The molecule has 0 atom stereocenters. The van der Waals surface area contributed by atoms with E-state index in [1.165, 1.54) is 5.69 Å². The Bertz CT molecular complexity index is 354. The van der Waals surface area contributed by atoms with E-state index >= 15 is 0 Å². The Morgan fingerprint density at radius 3 is 2.57 bits per heavy atom. The molecule has 1 aliphatic heterocycles.